The van der Waals surface area contributed by atoms with Gasteiger partial charge in [-0.05, 0) is 31.5 Å². The normalized spacial score (nSPS) is 21.3. The van der Waals surface area contributed by atoms with Crippen LogP contribution in [0.2, 0.25) is 0 Å². The highest BCUT2D eigenvalue weighted by Crippen LogP contribution is 2.26. The smallest absolute Gasteiger partial charge is 0.0220 e. The van der Waals surface area contributed by atoms with Crippen LogP contribution >= 0.6 is 24.2 Å². The van der Waals surface area contributed by atoms with Crippen molar-refractivity contribution in [2.24, 2.45) is 0 Å². The molecule has 1 unspecified atom stereocenters. The van der Waals surface area contributed by atoms with Crippen LogP contribution in [0.4, 0.5) is 0 Å². The van der Waals surface area contributed by atoms with E-state index in [1.807, 2.05) is 11.8 Å². The maximum absolute atomic E-state index is 3.43. The maximum Gasteiger partial charge on any atom is 0.0220 e. The summed E-state index contributed by atoms with van der Waals surface area (Å²) in [5, 5.41) is 4.21. The van der Waals surface area contributed by atoms with Gasteiger partial charge in [-0.1, -0.05) is 18.2 Å². The van der Waals surface area contributed by atoms with E-state index < -0.39 is 0 Å². The van der Waals surface area contributed by atoms with Gasteiger partial charge in [0.25, 0.3) is 0 Å². The molecule has 1 atom stereocenters. The van der Waals surface area contributed by atoms with Crippen LogP contribution in [0.5, 0.6) is 0 Å². The van der Waals surface area contributed by atoms with Crippen LogP contribution in [0, 0.1) is 0 Å². The number of halogens is 1. The van der Waals surface area contributed by atoms with Gasteiger partial charge < -0.3 is 5.32 Å². The van der Waals surface area contributed by atoms with Gasteiger partial charge in [0.2, 0.25) is 0 Å². The van der Waals surface area contributed by atoms with Crippen molar-refractivity contribution in [3.05, 3.63) is 30.3 Å². The van der Waals surface area contributed by atoms with Crippen LogP contribution < -0.4 is 5.32 Å². The van der Waals surface area contributed by atoms with E-state index in [2.05, 4.69) is 35.6 Å². The Morgan fingerprint density at radius 1 is 1.21 bits per heavy atom. The SMILES string of the molecule is Cl.c1ccc(SC2CCCNC2)cc1. The molecule has 1 heterocycles. The van der Waals surface area contributed by atoms with Crippen LogP contribution in [-0.4, -0.2) is 18.3 Å². The lowest BCUT2D eigenvalue weighted by Gasteiger charge is -2.21. The van der Waals surface area contributed by atoms with E-state index in [4.69, 9.17) is 0 Å². The van der Waals surface area contributed by atoms with Crippen molar-refractivity contribution < 1.29 is 0 Å². The number of rotatable bonds is 2. The number of hydrogen-bond acceptors (Lipinski definition) is 2. The fraction of sp³-hybridized carbons (Fsp3) is 0.455. The highest BCUT2D eigenvalue weighted by Gasteiger charge is 2.13. The summed E-state index contributed by atoms with van der Waals surface area (Å²) < 4.78 is 0. The third kappa shape index (κ3) is 3.52. The Morgan fingerprint density at radius 2 is 2.00 bits per heavy atom. The van der Waals surface area contributed by atoms with Crippen molar-refractivity contribution >= 4 is 24.2 Å². The summed E-state index contributed by atoms with van der Waals surface area (Å²) in [5.41, 5.74) is 0. The Labute approximate surface area is 96.1 Å². The summed E-state index contributed by atoms with van der Waals surface area (Å²) in [6.07, 6.45) is 2.68. The zero-order chi connectivity index (χ0) is 8.93. The molecule has 1 aliphatic rings. The van der Waals surface area contributed by atoms with Gasteiger partial charge in [0.15, 0.2) is 0 Å². The summed E-state index contributed by atoms with van der Waals surface area (Å²) in [6, 6.07) is 10.7. The highest BCUT2D eigenvalue weighted by atomic mass is 35.5. The highest BCUT2D eigenvalue weighted by molar-refractivity contribution is 8.00. The van der Waals surface area contributed by atoms with E-state index in [9.17, 15) is 0 Å². The predicted octanol–water partition coefficient (Wildman–Crippen LogP) is 2.95. The molecule has 0 amide bonds. The average molecular weight is 230 g/mol. The standard InChI is InChI=1S/C11H15NS.ClH/c1-2-5-10(6-3-1)13-11-7-4-8-12-9-11;/h1-3,5-6,11-12H,4,7-9H2;1H. The predicted molar refractivity (Wildman–Crippen MR) is 65.4 cm³/mol. The van der Waals surface area contributed by atoms with E-state index in [0.29, 0.717) is 0 Å². The number of benzene rings is 1. The van der Waals surface area contributed by atoms with E-state index in [0.717, 1.165) is 5.25 Å². The lowest BCUT2D eigenvalue weighted by atomic mass is 10.2. The molecule has 78 valence electrons. The minimum absolute atomic E-state index is 0. The second kappa shape index (κ2) is 6.33. The fourth-order valence-corrected chi connectivity index (χ4v) is 2.80. The van der Waals surface area contributed by atoms with Gasteiger partial charge in [0.05, 0.1) is 0 Å². The first-order valence-electron chi connectivity index (χ1n) is 4.87. The number of piperidine rings is 1. The molecule has 1 aromatic rings. The summed E-state index contributed by atoms with van der Waals surface area (Å²) >= 11 is 2.00. The molecule has 2 rings (SSSR count). The molecule has 1 nitrogen and oxygen atoms in total. The molecular formula is C11H16ClNS. The van der Waals surface area contributed by atoms with Gasteiger partial charge in [0, 0.05) is 16.7 Å². The summed E-state index contributed by atoms with van der Waals surface area (Å²) in [6.45, 7) is 2.37. The number of nitrogens with one attached hydrogen (secondary N) is 1. The molecular weight excluding hydrogens is 214 g/mol. The Morgan fingerprint density at radius 3 is 2.64 bits per heavy atom. The van der Waals surface area contributed by atoms with Crippen LogP contribution in [0.15, 0.2) is 35.2 Å². The molecule has 0 bridgehead atoms. The second-order valence-corrected chi connectivity index (χ2v) is 4.77. The lowest BCUT2D eigenvalue weighted by Crippen LogP contribution is -2.31. The largest absolute Gasteiger partial charge is 0.316 e. The van der Waals surface area contributed by atoms with Crippen LogP contribution in [0.3, 0.4) is 0 Å². The lowest BCUT2D eigenvalue weighted by molar-refractivity contribution is 0.531. The molecule has 0 saturated carbocycles. The third-order valence-electron chi connectivity index (χ3n) is 2.30. The minimum atomic E-state index is 0. The number of hydrogen-bond donors (Lipinski definition) is 1. The second-order valence-electron chi connectivity index (χ2n) is 3.40. The Kier molecular flexibility index (Phi) is 5.38. The average Bonchev–Trinajstić information content (AvgIpc) is 2.21. The zero-order valence-corrected chi connectivity index (χ0v) is 9.74. The summed E-state index contributed by atoms with van der Waals surface area (Å²) in [5.74, 6) is 0. The molecule has 0 aromatic heterocycles. The molecule has 1 saturated heterocycles. The van der Waals surface area contributed by atoms with Gasteiger partial charge in [-0.2, -0.15) is 0 Å². The number of thioether (sulfide) groups is 1. The van der Waals surface area contributed by atoms with Crippen molar-refractivity contribution in [1.82, 2.24) is 5.32 Å². The molecule has 3 heteroatoms. The van der Waals surface area contributed by atoms with Crippen LogP contribution in [0.1, 0.15) is 12.8 Å². The molecule has 14 heavy (non-hydrogen) atoms. The van der Waals surface area contributed by atoms with E-state index in [-0.39, 0.29) is 12.4 Å². The Hall–Kier alpha value is -0.180. The van der Waals surface area contributed by atoms with Gasteiger partial charge in [0.1, 0.15) is 0 Å². The first kappa shape index (κ1) is 11.9. The van der Waals surface area contributed by atoms with Crippen LogP contribution in [-0.2, 0) is 0 Å². The van der Waals surface area contributed by atoms with E-state index >= 15 is 0 Å². The van der Waals surface area contributed by atoms with Gasteiger partial charge >= 0.3 is 0 Å². The van der Waals surface area contributed by atoms with Crippen LogP contribution in [0.25, 0.3) is 0 Å². The van der Waals surface area contributed by atoms with Crippen molar-refractivity contribution in [1.29, 1.82) is 0 Å². The molecule has 1 fully saturated rings. The van der Waals surface area contributed by atoms with E-state index in [1.54, 1.807) is 0 Å². The van der Waals surface area contributed by atoms with Gasteiger partial charge in [-0.15, -0.1) is 24.2 Å². The molecule has 1 aliphatic heterocycles. The maximum atomic E-state index is 3.43. The molecule has 0 aliphatic carbocycles. The molecule has 1 N–H and O–H groups in total. The molecule has 1 aromatic carbocycles. The van der Waals surface area contributed by atoms with Crippen molar-refractivity contribution in [2.75, 3.05) is 13.1 Å². The van der Waals surface area contributed by atoms with Crippen molar-refractivity contribution in [2.45, 2.75) is 23.0 Å². The first-order chi connectivity index (χ1) is 6.45. The Balaban J connectivity index is 0.000000980. The fourth-order valence-electron chi connectivity index (χ4n) is 1.61. The van der Waals surface area contributed by atoms with Crippen molar-refractivity contribution in [3.8, 4) is 0 Å². The van der Waals surface area contributed by atoms with E-state index in [1.165, 1.54) is 30.8 Å². The quantitative estimate of drug-likeness (QED) is 0.837. The molecule has 0 spiro atoms. The monoisotopic (exact) mass is 229 g/mol. The topological polar surface area (TPSA) is 12.0 Å². The van der Waals surface area contributed by atoms with Crippen molar-refractivity contribution in [3.63, 3.8) is 0 Å². The summed E-state index contributed by atoms with van der Waals surface area (Å²) in [4.78, 5) is 1.40. The zero-order valence-electron chi connectivity index (χ0n) is 8.11. The first-order valence-corrected chi connectivity index (χ1v) is 5.75. The van der Waals surface area contributed by atoms with Gasteiger partial charge in [-0.3, -0.25) is 0 Å². The Bertz CT molecular complexity index is 247. The van der Waals surface area contributed by atoms with Gasteiger partial charge in [-0.25, -0.2) is 0 Å². The summed E-state index contributed by atoms with van der Waals surface area (Å²) in [7, 11) is 0. The third-order valence-corrected chi connectivity index (χ3v) is 3.58. The molecule has 0 radical (unpaired) electrons. The minimum Gasteiger partial charge on any atom is -0.316 e.